The summed E-state index contributed by atoms with van der Waals surface area (Å²) in [5, 5.41) is 20.5. The van der Waals surface area contributed by atoms with Crippen molar-refractivity contribution in [3.8, 4) is 5.75 Å². The molecule has 0 aliphatic heterocycles. The van der Waals surface area contributed by atoms with E-state index in [4.69, 9.17) is 4.74 Å². The normalized spacial score (nSPS) is 12.3. The lowest BCUT2D eigenvalue weighted by Crippen LogP contribution is -2.43. The van der Waals surface area contributed by atoms with E-state index < -0.39 is 32.6 Å². The van der Waals surface area contributed by atoms with Gasteiger partial charge in [-0.1, -0.05) is 17.7 Å². The van der Waals surface area contributed by atoms with Gasteiger partial charge < -0.3 is 9.84 Å². The Balaban J connectivity index is 2.76. The number of rotatable bonds is 7. The number of hydrogen-bond donors (Lipinski definition) is 1. The molecule has 0 amide bonds. The van der Waals surface area contributed by atoms with Gasteiger partial charge in [0.15, 0.2) is 0 Å². The summed E-state index contributed by atoms with van der Waals surface area (Å²) in [6.07, 6.45) is 0. The van der Waals surface area contributed by atoms with Crippen LogP contribution < -0.4 is 9.04 Å². The van der Waals surface area contributed by atoms with E-state index >= 15 is 0 Å². The predicted octanol–water partition coefficient (Wildman–Crippen LogP) is 2.58. The van der Waals surface area contributed by atoms with E-state index in [1.807, 2.05) is 0 Å². The Morgan fingerprint density at radius 2 is 1.81 bits per heavy atom. The van der Waals surface area contributed by atoms with Crippen molar-refractivity contribution >= 4 is 27.4 Å². The second-order valence-electron chi connectivity index (χ2n) is 5.74. The number of non-ortho nitro benzene ring substituents is 1. The van der Waals surface area contributed by atoms with Gasteiger partial charge >= 0.3 is 5.97 Å². The zero-order valence-corrected chi connectivity index (χ0v) is 15.6. The van der Waals surface area contributed by atoms with Crippen molar-refractivity contribution in [2.75, 3.05) is 11.4 Å². The molecule has 10 heteroatoms. The van der Waals surface area contributed by atoms with Crippen molar-refractivity contribution in [3.05, 3.63) is 58.1 Å². The quantitative estimate of drug-likeness (QED) is 0.565. The second kappa shape index (κ2) is 7.62. The van der Waals surface area contributed by atoms with Gasteiger partial charge in [0, 0.05) is 12.1 Å². The molecule has 0 aliphatic carbocycles. The number of carboxylic acids is 1. The molecule has 1 unspecified atom stereocenters. The van der Waals surface area contributed by atoms with E-state index in [0.717, 1.165) is 17.7 Å². The molecule has 27 heavy (non-hydrogen) atoms. The number of aliphatic carboxylic acids is 1. The van der Waals surface area contributed by atoms with Crippen LogP contribution in [0.15, 0.2) is 47.4 Å². The molecule has 144 valence electrons. The zero-order valence-electron chi connectivity index (χ0n) is 14.8. The molecule has 0 saturated heterocycles. The number of methoxy groups -OCH3 is 1. The summed E-state index contributed by atoms with van der Waals surface area (Å²) in [6.45, 7) is 2.95. The minimum Gasteiger partial charge on any atom is -0.495 e. The number of hydrogen-bond acceptors (Lipinski definition) is 6. The highest BCUT2D eigenvalue weighted by Crippen LogP contribution is 2.37. The zero-order chi connectivity index (χ0) is 20.4. The number of ether oxygens (including phenoxy) is 1. The third-order valence-corrected chi connectivity index (χ3v) is 5.80. The maximum atomic E-state index is 13.2. The minimum atomic E-state index is -4.34. The molecule has 0 bridgehead atoms. The molecule has 1 atom stereocenters. The van der Waals surface area contributed by atoms with Crippen LogP contribution in [0.1, 0.15) is 12.5 Å². The summed E-state index contributed by atoms with van der Waals surface area (Å²) in [6, 6.07) is 7.63. The number of carboxylic acid groups (broad SMARTS) is 1. The van der Waals surface area contributed by atoms with Crippen LogP contribution in [-0.2, 0) is 14.8 Å². The van der Waals surface area contributed by atoms with Crippen LogP contribution in [0, 0.1) is 17.0 Å². The van der Waals surface area contributed by atoms with Crippen LogP contribution in [0.3, 0.4) is 0 Å². The van der Waals surface area contributed by atoms with Crippen molar-refractivity contribution < 1.29 is 28.0 Å². The summed E-state index contributed by atoms with van der Waals surface area (Å²) >= 11 is 0. The fourth-order valence-corrected chi connectivity index (χ4v) is 4.05. The van der Waals surface area contributed by atoms with E-state index in [-0.39, 0.29) is 16.3 Å². The van der Waals surface area contributed by atoms with Gasteiger partial charge in [-0.25, -0.2) is 17.5 Å². The summed E-state index contributed by atoms with van der Waals surface area (Å²) in [5.41, 5.74) is 0.189. The van der Waals surface area contributed by atoms with Gasteiger partial charge in [0.1, 0.15) is 17.5 Å². The lowest BCUT2D eigenvalue weighted by atomic mass is 10.2. The number of nitro groups is 1. The predicted molar refractivity (Wildman–Crippen MR) is 97.6 cm³/mol. The second-order valence-corrected chi connectivity index (χ2v) is 7.56. The van der Waals surface area contributed by atoms with Gasteiger partial charge in [0.25, 0.3) is 15.7 Å². The summed E-state index contributed by atoms with van der Waals surface area (Å²) in [4.78, 5) is 21.9. The molecule has 0 heterocycles. The molecule has 2 aromatic carbocycles. The standard InChI is InChI=1S/C17H18N2O7S/c1-11-4-7-14(8-5-11)27(24,25)18(12(2)17(20)21)15-10-13(19(22)23)6-9-16(15)26-3/h4-10,12H,1-3H3,(H,20,21). The van der Waals surface area contributed by atoms with Crippen LogP contribution in [0.25, 0.3) is 0 Å². The Morgan fingerprint density at radius 1 is 1.22 bits per heavy atom. The van der Waals surface area contributed by atoms with Crippen LogP contribution in [0.5, 0.6) is 5.75 Å². The van der Waals surface area contributed by atoms with Crippen LogP contribution >= 0.6 is 0 Å². The fraction of sp³-hybridized carbons (Fsp3) is 0.235. The molecule has 2 rings (SSSR count). The first-order chi connectivity index (χ1) is 12.6. The van der Waals surface area contributed by atoms with Gasteiger partial charge in [-0.3, -0.25) is 10.1 Å². The SMILES string of the molecule is COc1ccc([N+](=O)[O-])cc1N(C(C)C(=O)O)S(=O)(=O)c1ccc(C)cc1. The number of anilines is 1. The molecule has 0 aliphatic rings. The maximum absolute atomic E-state index is 13.2. The van der Waals surface area contributed by atoms with Gasteiger partial charge in [0.05, 0.1) is 16.9 Å². The molecule has 0 fully saturated rings. The summed E-state index contributed by atoms with van der Waals surface area (Å²) < 4.78 is 32.1. The maximum Gasteiger partial charge on any atom is 0.327 e. The highest BCUT2D eigenvalue weighted by molar-refractivity contribution is 7.93. The smallest absolute Gasteiger partial charge is 0.327 e. The first-order valence-corrected chi connectivity index (χ1v) is 9.20. The summed E-state index contributed by atoms with van der Waals surface area (Å²) in [7, 11) is -3.08. The van der Waals surface area contributed by atoms with Gasteiger partial charge in [-0.2, -0.15) is 0 Å². The molecular weight excluding hydrogens is 376 g/mol. The Labute approximate surface area is 156 Å². The summed E-state index contributed by atoms with van der Waals surface area (Å²) in [5.74, 6) is -1.43. The number of sulfonamides is 1. The molecule has 0 saturated carbocycles. The van der Waals surface area contributed by atoms with Gasteiger partial charge in [-0.15, -0.1) is 0 Å². The van der Waals surface area contributed by atoms with Gasteiger partial charge in [-0.05, 0) is 32.0 Å². The van der Waals surface area contributed by atoms with Crippen LogP contribution in [0.2, 0.25) is 0 Å². The van der Waals surface area contributed by atoms with Crippen molar-refractivity contribution in [1.29, 1.82) is 0 Å². The average Bonchev–Trinajstić information content (AvgIpc) is 2.61. The number of nitro benzene ring substituents is 1. The third-order valence-electron chi connectivity index (χ3n) is 3.90. The molecule has 9 nitrogen and oxygen atoms in total. The van der Waals surface area contributed by atoms with E-state index in [1.165, 1.54) is 32.2 Å². The fourth-order valence-electron chi connectivity index (χ4n) is 2.43. The minimum absolute atomic E-state index is 0.00983. The molecule has 2 aromatic rings. The molecule has 0 aromatic heterocycles. The average molecular weight is 394 g/mol. The van der Waals surface area contributed by atoms with Crippen molar-refractivity contribution in [2.24, 2.45) is 0 Å². The lowest BCUT2D eigenvalue weighted by Gasteiger charge is -2.29. The van der Waals surface area contributed by atoms with Crippen LogP contribution in [-0.4, -0.2) is 37.6 Å². The Hall–Kier alpha value is -3.14. The highest BCUT2D eigenvalue weighted by Gasteiger charge is 2.36. The van der Waals surface area contributed by atoms with E-state index in [9.17, 15) is 28.4 Å². The Kier molecular flexibility index (Phi) is 5.69. The number of carbonyl (C=O) groups is 1. The highest BCUT2D eigenvalue weighted by atomic mass is 32.2. The van der Waals surface area contributed by atoms with Gasteiger partial charge in [0.2, 0.25) is 0 Å². The number of nitrogens with zero attached hydrogens (tertiary/aromatic N) is 2. The van der Waals surface area contributed by atoms with Crippen LogP contribution in [0.4, 0.5) is 11.4 Å². The molecule has 0 radical (unpaired) electrons. The van der Waals surface area contributed by atoms with Crippen molar-refractivity contribution in [2.45, 2.75) is 24.8 Å². The van der Waals surface area contributed by atoms with E-state index in [0.29, 0.717) is 4.31 Å². The molecular formula is C17H18N2O7S. The topological polar surface area (TPSA) is 127 Å². The Bertz CT molecular complexity index is 971. The van der Waals surface area contributed by atoms with Crippen molar-refractivity contribution in [3.63, 3.8) is 0 Å². The Morgan fingerprint density at radius 3 is 2.30 bits per heavy atom. The number of benzene rings is 2. The third kappa shape index (κ3) is 4.00. The molecule has 1 N–H and O–H groups in total. The molecule has 0 spiro atoms. The largest absolute Gasteiger partial charge is 0.495 e. The monoisotopic (exact) mass is 394 g/mol. The lowest BCUT2D eigenvalue weighted by molar-refractivity contribution is -0.384. The first kappa shape index (κ1) is 20.2. The van der Waals surface area contributed by atoms with Crippen molar-refractivity contribution in [1.82, 2.24) is 0 Å². The number of aryl methyl sites for hydroxylation is 1. The first-order valence-electron chi connectivity index (χ1n) is 7.76. The van der Waals surface area contributed by atoms with E-state index in [1.54, 1.807) is 19.1 Å². The van der Waals surface area contributed by atoms with E-state index in [2.05, 4.69) is 0 Å².